The lowest BCUT2D eigenvalue weighted by Gasteiger charge is -2.37. The number of rotatable bonds is 0. The van der Waals surface area contributed by atoms with E-state index in [2.05, 4.69) is 25.7 Å². The van der Waals surface area contributed by atoms with Crippen LogP contribution in [0.4, 0.5) is 0 Å². The third-order valence-corrected chi connectivity index (χ3v) is 4.38. The lowest BCUT2D eigenvalue weighted by atomic mass is 9.83. The summed E-state index contributed by atoms with van der Waals surface area (Å²) in [6.45, 7) is 8.66. The van der Waals surface area contributed by atoms with E-state index in [-0.39, 0.29) is 0 Å². The fraction of sp³-hybridized carbons (Fsp3) is 1.00. The summed E-state index contributed by atoms with van der Waals surface area (Å²) in [5.41, 5.74) is 0.512. The molecule has 13 heavy (non-hydrogen) atoms. The maximum Gasteiger partial charge on any atom is 0.0178 e. The van der Waals surface area contributed by atoms with Crippen molar-refractivity contribution in [2.45, 2.75) is 52.1 Å². The Morgan fingerprint density at radius 1 is 1.15 bits per heavy atom. The van der Waals surface area contributed by atoms with Crippen LogP contribution in [0.15, 0.2) is 0 Å². The molecular formula is C12H21N. The Morgan fingerprint density at radius 3 is 2.62 bits per heavy atom. The zero-order chi connectivity index (χ0) is 9.22. The highest BCUT2D eigenvalue weighted by atomic mass is 15.3. The molecule has 3 aliphatic rings. The van der Waals surface area contributed by atoms with Crippen molar-refractivity contribution in [2.75, 3.05) is 6.54 Å². The maximum absolute atomic E-state index is 2.83. The van der Waals surface area contributed by atoms with Crippen molar-refractivity contribution in [3.63, 3.8) is 0 Å². The summed E-state index contributed by atoms with van der Waals surface area (Å²) >= 11 is 0. The van der Waals surface area contributed by atoms with Gasteiger partial charge in [-0.2, -0.15) is 0 Å². The molecule has 1 nitrogen and oxygen atoms in total. The molecule has 2 heterocycles. The first-order chi connectivity index (χ1) is 6.09. The Morgan fingerprint density at radius 2 is 1.92 bits per heavy atom. The summed E-state index contributed by atoms with van der Waals surface area (Å²) < 4.78 is 0. The van der Waals surface area contributed by atoms with Crippen LogP contribution in [-0.2, 0) is 0 Å². The molecule has 0 N–H and O–H groups in total. The molecule has 1 saturated carbocycles. The first kappa shape index (κ1) is 8.28. The van der Waals surface area contributed by atoms with E-state index in [9.17, 15) is 0 Å². The van der Waals surface area contributed by atoms with Gasteiger partial charge in [0.15, 0.2) is 0 Å². The van der Waals surface area contributed by atoms with Gasteiger partial charge in [-0.1, -0.05) is 20.8 Å². The third-order valence-electron chi connectivity index (χ3n) is 4.38. The molecule has 4 atom stereocenters. The van der Waals surface area contributed by atoms with E-state index in [0.717, 1.165) is 23.9 Å². The van der Waals surface area contributed by atoms with Crippen molar-refractivity contribution in [3.05, 3.63) is 0 Å². The van der Waals surface area contributed by atoms with E-state index in [1.54, 1.807) is 6.42 Å². The molecule has 2 saturated heterocycles. The van der Waals surface area contributed by atoms with Gasteiger partial charge in [0.2, 0.25) is 0 Å². The molecule has 0 spiro atoms. The molecule has 0 bridgehead atoms. The molecule has 0 aromatic carbocycles. The van der Waals surface area contributed by atoms with Crippen LogP contribution in [0.3, 0.4) is 0 Å². The summed E-state index contributed by atoms with van der Waals surface area (Å²) in [6.07, 6.45) is 4.50. The second-order valence-electron chi connectivity index (χ2n) is 6.32. The van der Waals surface area contributed by atoms with Gasteiger partial charge in [-0.15, -0.1) is 0 Å². The van der Waals surface area contributed by atoms with Crippen LogP contribution >= 0.6 is 0 Å². The van der Waals surface area contributed by atoms with Crippen molar-refractivity contribution in [3.8, 4) is 0 Å². The maximum atomic E-state index is 2.83. The molecule has 1 heteroatoms. The van der Waals surface area contributed by atoms with Crippen LogP contribution in [0, 0.1) is 17.3 Å². The van der Waals surface area contributed by atoms with Crippen molar-refractivity contribution >= 4 is 0 Å². The third kappa shape index (κ3) is 1.03. The smallest absolute Gasteiger partial charge is 0.0178 e. The average molecular weight is 179 g/mol. The summed E-state index contributed by atoms with van der Waals surface area (Å²) in [7, 11) is 0. The second-order valence-corrected chi connectivity index (χ2v) is 6.32. The van der Waals surface area contributed by atoms with Crippen LogP contribution in [-0.4, -0.2) is 23.5 Å². The zero-order valence-corrected chi connectivity index (χ0v) is 9.09. The largest absolute Gasteiger partial charge is 0.296 e. The van der Waals surface area contributed by atoms with Crippen molar-refractivity contribution in [1.82, 2.24) is 4.90 Å². The molecule has 0 amide bonds. The quantitative estimate of drug-likeness (QED) is 0.552. The number of hydrogen-bond acceptors (Lipinski definition) is 1. The van der Waals surface area contributed by atoms with Crippen molar-refractivity contribution in [2.24, 2.45) is 17.3 Å². The Labute approximate surface area is 81.5 Å². The molecule has 3 rings (SSSR count). The summed E-state index contributed by atoms with van der Waals surface area (Å²) in [5, 5.41) is 0. The highest BCUT2D eigenvalue weighted by Crippen LogP contribution is 2.60. The van der Waals surface area contributed by atoms with Crippen LogP contribution in [0.5, 0.6) is 0 Å². The summed E-state index contributed by atoms with van der Waals surface area (Å²) in [5.74, 6) is 2.18. The van der Waals surface area contributed by atoms with E-state index in [0.29, 0.717) is 5.41 Å². The first-order valence-corrected chi connectivity index (χ1v) is 5.85. The van der Waals surface area contributed by atoms with Gasteiger partial charge in [0.1, 0.15) is 0 Å². The molecule has 1 aliphatic carbocycles. The lowest BCUT2D eigenvalue weighted by molar-refractivity contribution is 0.108. The van der Waals surface area contributed by atoms with Crippen LogP contribution < -0.4 is 0 Å². The molecule has 2 aliphatic heterocycles. The number of nitrogens with zero attached hydrogens (tertiary/aromatic N) is 1. The zero-order valence-electron chi connectivity index (χ0n) is 9.09. The second kappa shape index (κ2) is 2.31. The van der Waals surface area contributed by atoms with E-state index in [1.807, 2.05) is 0 Å². The highest BCUT2D eigenvalue weighted by molar-refractivity contribution is 5.14. The predicted octanol–water partition coefficient (Wildman–Crippen LogP) is 2.52. The van der Waals surface area contributed by atoms with Gasteiger partial charge in [0.25, 0.3) is 0 Å². The van der Waals surface area contributed by atoms with Crippen molar-refractivity contribution in [1.29, 1.82) is 0 Å². The molecular weight excluding hydrogens is 158 g/mol. The predicted molar refractivity (Wildman–Crippen MR) is 54.6 cm³/mol. The number of hydrogen-bond donors (Lipinski definition) is 0. The van der Waals surface area contributed by atoms with Gasteiger partial charge in [0.05, 0.1) is 0 Å². The Kier molecular flexibility index (Phi) is 1.47. The molecule has 0 aromatic rings. The van der Waals surface area contributed by atoms with E-state index < -0.39 is 0 Å². The van der Waals surface area contributed by atoms with Gasteiger partial charge in [-0.3, -0.25) is 4.90 Å². The number of fused-ring (bicyclic) bond motifs is 3. The Hall–Kier alpha value is -0.0400. The molecule has 0 radical (unpaired) electrons. The SMILES string of the molecule is CC(C)(C)C1C2CC2C2CCCN21. The van der Waals surface area contributed by atoms with Gasteiger partial charge >= 0.3 is 0 Å². The highest BCUT2D eigenvalue weighted by Gasteiger charge is 2.61. The normalized spacial score (nSPS) is 49.2. The Bertz CT molecular complexity index is 228. The van der Waals surface area contributed by atoms with Gasteiger partial charge in [-0.05, 0) is 43.1 Å². The van der Waals surface area contributed by atoms with Crippen LogP contribution in [0.25, 0.3) is 0 Å². The topological polar surface area (TPSA) is 3.24 Å². The molecule has 3 fully saturated rings. The first-order valence-electron chi connectivity index (χ1n) is 5.85. The molecule has 4 unspecified atom stereocenters. The standard InChI is InChI=1S/C12H21N/c1-12(2,3)11-9-7-8(9)10-5-4-6-13(10)11/h8-11H,4-7H2,1-3H3. The van der Waals surface area contributed by atoms with Crippen molar-refractivity contribution < 1.29 is 0 Å². The van der Waals surface area contributed by atoms with Gasteiger partial charge in [0, 0.05) is 12.1 Å². The fourth-order valence-electron chi connectivity index (χ4n) is 4.05. The molecule has 0 aromatic heterocycles. The Balaban J connectivity index is 1.88. The fourth-order valence-corrected chi connectivity index (χ4v) is 4.05. The van der Waals surface area contributed by atoms with Gasteiger partial charge < -0.3 is 0 Å². The minimum absolute atomic E-state index is 0.512. The minimum atomic E-state index is 0.512. The van der Waals surface area contributed by atoms with Crippen LogP contribution in [0.1, 0.15) is 40.0 Å². The van der Waals surface area contributed by atoms with Gasteiger partial charge in [-0.25, -0.2) is 0 Å². The van der Waals surface area contributed by atoms with Crippen LogP contribution in [0.2, 0.25) is 0 Å². The summed E-state index contributed by atoms with van der Waals surface area (Å²) in [4.78, 5) is 2.83. The average Bonchev–Trinajstić information content (AvgIpc) is 2.53. The van der Waals surface area contributed by atoms with E-state index >= 15 is 0 Å². The van der Waals surface area contributed by atoms with E-state index in [4.69, 9.17) is 0 Å². The van der Waals surface area contributed by atoms with E-state index in [1.165, 1.54) is 19.4 Å². The molecule has 74 valence electrons. The summed E-state index contributed by atoms with van der Waals surface area (Å²) in [6, 6.07) is 1.90. The monoisotopic (exact) mass is 179 g/mol. The minimum Gasteiger partial charge on any atom is -0.296 e. The lowest BCUT2D eigenvalue weighted by Crippen LogP contribution is -2.43. The number of piperidine rings is 1.